The van der Waals surface area contributed by atoms with Crippen molar-refractivity contribution in [1.29, 1.82) is 0 Å². The third-order valence-corrected chi connectivity index (χ3v) is 4.21. The second-order valence-corrected chi connectivity index (χ2v) is 6.46. The average molecular weight is 352 g/mol. The van der Waals surface area contributed by atoms with Crippen molar-refractivity contribution in [1.82, 2.24) is 19.8 Å². The molecule has 0 aliphatic rings. The molecule has 0 radical (unpaired) electrons. The summed E-state index contributed by atoms with van der Waals surface area (Å²) in [6, 6.07) is 13.1. The lowest BCUT2D eigenvalue weighted by Crippen LogP contribution is -2.38. The van der Waals surface area contributed by atoms with Crippen LogP contribution in [0.5, 0.6) is 0 Å². The van der Waals surface area contributed by atoms with E-state index in [1.165, 1.54) is 12.1 Å². The third kappa shape index (κ3) is 3.86. The number of fused-ring (bicyclic) bond motifs is 1. The molecule has 0 saturated carbocycles. The normalized spacial score (nSPS) is 12.3. The highest BCUT2D eigenvalue weighted by atomic mass is 19.1. The van der Waals surface area contributed by atoms with E-state index in [0.29, 0.717) is 6.54 Å². The molecule has 2 aromatic carbocycles. The standard InChI is InChI=1S/C20H21FN4O/c1-24(2)19(14-8-10-15(21)11-9-14)20(26)25(3)13-16-12-22-17-6-4-5-7-18(17)23-16/h4-12,19H,13H2,1-3H3/t19-/m0/s1. The first-order chi connectivity index (χ1) is 12.5. The zero-order valence-electron chi connectivity index (χ0n) is 15.1. The van der Waals surface area contributed by atoms with Crippen molar-refractivity contribution in [3.05, 3.63) is 71.8 Å². The first kappa shape index (κ1) is 17.9. The Balaban J connectivity index is 1.80. The molecule has 0 N–H and O–H groups in total. The van der Waals surface area contributed by atoms with E-state index in [1.807, 2.05) is 43.3 Å². The zero-order valence-corrected chi connectivity index (χ0v) is 15.1. The highest BCUT2D eigenvalue weighted by Gasteiger charge is 2.26. The molecule has 0 bridgehead atoms. The van der Waals surface area contributed by atoms with Crippen LogP contribution in [0, 0.1) is 5.82 Å². The Morgan fingerprint density at radius 1 is 1.04 bits per heavy atom. The summed E-state index contributed by atoms with van der Waals surface area (Å²) in [5, 5.41) is 0. The number of rotatable bonds is 5. The van der Waals surface area contributed by atoms with Crippen LogP contribution in [-0.4, -0.2) is 46.8 Å². The van der Waals surface area contributed by atoms with Crippen LogP contribution in [0.4, 0.5) is 4.39 Å². The van der Waals surface area contributed by atoms with Crippen LogP contribution in [0.15, 0.2) is 54.7 Å². The van der Waals surface area contributed by atoms with Crippen LogP contribution in [0.2, 0.25) is 0 Å². The van der Waals surface area contributed by atoms with Crippen LogP contribution >= 0.6 is 0 Å². The summed E-state index contributed by atoms with van der Waals surface area (Å²) in [5.74, 6) is -0.407. The molecule has 26 heavy (non-hydrogen) atoms. The second-order valence-electron chi connectivity index (χ2n) is 6.46. The molecule has 1 atom stereocenters. The van der Waals surface area contributed by atoms with Gasteiger partial charge in [0.05, 0.1) is 29.5 Å². The summed E-state index contributed by atoms with van der Waals surface area (Å²) in [6.07, 6.45) is 1.69. The van der Waals surface area contributed by atoms with E-state index in [2.05, 4.69) is 9.97 Å². The number of hydrogen-bond donors (Lipinski definition) is 0. The molecule has 0 aliphatic carbocycles. The fraction of sp³-hybridized carbons (Fsp3) is 0.250. The van der Waals surface area contributed by atoms with Crippen LogP contribution in [0.1, 0.15) is 17.3 Å². The minimum Gasteiger partial charge on any atom is -0.338 e. The Bertz CT molecular complexity index is 911. The molecule has 0 aliphatic heterocycles. The molecule has 6 heteroatoms. The molecule has 3 rings (SSSR count). The van der Waals surface area contributed by atoms with Gasteiger partial charge in [0, 0.05) is 7.05 Å². The lowest BCUT2D eigenvalue weighted by Gasteiger charge is -2.28. The van der Waals surface area contributed by atoms with Gasteiger partial charge < -0.3 is 4.90 Å². The van der Waals surface area contributed by atoms with Gasteiger partial charge in [-0.15, -0.1) is 0 Å². The van der Waals surface area contributed by atoms with Crippen molar-refractivity contribution < 1.29 is 9.18 Å². The van der Waals surface area contributed by atoms with Crippen LogP contribution in [0.3, 0.4) is 0 Å². The van der Waals surface area contributed by atoms with Gasteiger partial charge in [0.2, 0.25) is 5.91 Å². The van der Waals surface area contributed by atoms with Crippen LogP contribution in [-0.2, 0) is 11.3 Å². The van der Waals surface area contributed by atoms with Gasteiger partial charge >= 0.3 is 0 Å². The van der Waals surface area contributed by atoms with E-state index < -0.39 is 6.04 Å². The van der Waals surface area contributed by atoms with Crippen molar-refractivity contribution in [3.63, 3.8) is 0 Å². The Kier molecular flexibility index (Phi) is 5.23. The van der Waals surface area contributed by atoms with Crippen molar-refractivity contribution in [2.75, 3.05) is 21.1 Å². The first-order valence-electron chi connectivity index (χ1n) is 8.33. The molecule has 0 fully saturated rings. The topological polar surface area (TPSA) is 49.3 Å². The molecular weight excluding hydrogens is 331 g/mol. The predicted molar refractivity (Wildman–Crippen MR) is 98.8 cm³/mol. The lowest BCUT2D eigenvalue weighted by atomic mass is 10.0. The number of para-hydroxylation sites is 2. The van der Waals surface area contributed by atoms with E-state index >= 15 is 0 Å². The van der Waals surface area contributed by atoms with Gasteiger partial charge in [-0.25, -0.2) is 9.37 Å². The fourth-order valence-corrected chi connectivity index (χ4v) is 2.91. The quantitative estimate of drug-likeness (QED) is 0.708. The van der Waals surface area contributed by atoms with E-state index in [0.717, 1.165) is 22.3 Å². The molecular formula is C20H21FN4O. The number of carbonyl (C=O) groups excluding carboxylic acids is 1. The highest BCUT2D eigenvalue weighted by molar-refractivity contribution is 5.83. The predicted octanol–water partition coefficient (Wildman–Crippen LogP) is 3.03. The molecule has 3 aromatic rings. The van der Waals surface area contributed by atoms with Crippen molar-refractivity contribution in [3.8, 4) is 0 Å². The minimum absolute atomic E-state index is 0.0865. The second kappa shape index (κ2) is 7.58. The number of benzene rings is 2. The molecule has 1 aromatic heterocycles. The number of carbonyl (C=O) groups is 1. The summed E-state index contributed by atoms with van der Waals surface area (Å²) < 4.78 is 13.2. The summed E-state index contributed by atoms with van der Waals surface area (Å²) in [4.78, 5) is 25.4. The summed E-state index contributed by atoms with van der Waals surface area (Å²) in [6.45, 7) is 0.349. The lowest BCUT2D eigenvalue weighted by molar-refractivity contribution is -0.135. The Labute approximate surface area is 152 Å². The van der Waals surface area contributed by atoms with Gasteiger partial charge in [-0.1, -0.05) is 24.3 Å². The maximum atomic E-state index is 13.2. The highest BCUT2D eigenvalue weighted by Crippen LogP contribution is 2.22. The average Bonchev–Trinajstić information content (AvgIpc) is 2.63. The van der Waals surface area contributed by atoms with Crippen molar-refractivity contribution in [2.45, 2.75) is 12.6 Å². The number of hydrogen-bond acceptors (Lipinski definition) is 4. The smallest absolute Gasteiger partial charge is 0.244 e. The van der Waals surface area contributed by atoms with Gasteiger partial charge in [0.15, 0.2) is 0 Å². The number of halogens is 1. The number of likely N-dealkylation sites (N-methyl/N-ethyl adjacent to an activating group) is 2. The van der Waals surface area contributed by atoms with E-state index in [9.17, 15) is 9.18 Å². The summed E-state index contributed by atoms with van der Waals surface area (Å²) >= 11 is 0. The first-order valence-corrected chi connectivity index (χ1v) is 8.33. The molecule has 0 spiro atoms. The molecule has 5 nitrogen and oxygen atoms in total. The third-order valence-electron chi connectivity index (χ3n) is 4.21. The van der Waals surface area contributed by atoms with Gasteiger partial charge in [-0.05, 0) is 43.9 Å². The Hall–Kier alpha value is -2.86. The molecule has 134 valence electrons. The van der Waals surface area contributed by atoms with Crippen molar-refractivity contribution >= 4 is 16.9 Å². The van der Waals surface area contributed by atoms with Gasteiger partial charge in [-0.2, -0.15) is 0 Å². The van der Waals surface area contributed by atoms with E-state index in [1.54, 1.807) is 30.3 Å². The maximum absolute atomic E-state index is 13.2. The SMILES string of the molecule is CN(Cc1cnc2ccccc2n1)C(=O)[C@H](c1ccc(F)cc1)N(C)C. The molecule has 1 heterocycles. The fourth-order valence-electron chi connectivity index (χ4n) is 2.91. The Morgan fingerprint density at radius 3 is 2.35 bits per heavy atom. The molecule has 0 saturated heterocycles. The van der Waals surface area contributed by atoms with E-state index in [-0.39, 0.29) is 11.7 Å². The monoisotopic (exact) mass is 352 g/mol. The van der Waals surface area contributed by atoms with Gasteiger partial charge in [-0.3, -0.25) is 14.7 Å². The summed E-state index contributed by atoms with van der Waals surface area (Å²) in [5.41, 5.74) is 3.09. The number of aromatic nitrogens is 2. The minimum atomic E-state index is -0.492. The van der Waals surface area contributed by atoms with Gasteiger partial charge in [0.25, 0.3) is 0 Å². The van der Waals surface area contributed by atoms with Gasteiger partial charge in [0.1, 0.15) is 11.9 Å². The largest absolute Gasteiger partial charge is 0.338 e. The van der Waals surface area contributed by atoms with Crippen LogP contribution < -0.4 is 0 Å². The summed E-state index contributed by atoms with van der Waals surface area (Å²) in [7, 11) is 5.39. The van der Waals surface area contributed by atoms with E-state index in [4.69, 9.17) is 0 Å². The number of nitrogens with zero attached hydrogens (tertiary/aromatic N) is 4. The van der Waals surface area contributed by atoms with Crippen LogP contribution in [0.25, 0.3) is 11.0 Å². The van der Waals surface area contributed by atoms with Crippen molar-refractivity contribution in [2.24, 2.45) is 0 Å². The maximum Gasteiger partial charge on any atom is 0.244 e. The Morgan fingerprint density at radius 2 is 1.69 bits per heavy atom. The zero-order chi connectivity index (χ0) is 18.7. The molecule has 0 unspecified atom stereocenters. The number of amides is 1. The molecule has 1 amide bonds.